The van der Waals surface area contributed by atoms with Crippen molar-refractivity contribution in [1.29, 1.82) is 0 Å². The number of nitrogens with one attached hydrogen (secondary N) is 3. The molecule has 0 spiro atoms. The molecular formula is C35H36Cl2FN7O4. The van der Waals surface area contributed by atoms with Crippen LogP contribution in [0.2, 0.25) is 10.0 Å². The van der Waals surface area contributed by atoms with Crippen molar-refractivity contribution in [3.8, 4) is 28.4 Å². The number of methoxy groups -OCH3 is 1. The first-order chi connectivity index (χ1) is 23.7. The Bertz CT molecular complexity index is 1860. The molecule has 0 saturated carbocycles. The van der Waals surface area contributed by atoms with Gasteiger partial charge < -0.3 is 25.8 Å². The molecule has 0 radical (unpaired) electrons. The summed E-state index contributed by atoms with van der Waals surface area (Å²) in [6, 6.07) is 12.6. The number of hydrogen-bond donors (Lipinski definition) is 4. The lowest BCUT2D eigenvalue weighted by atomic mass is 9.97. The van der Waals surface area contributed by atoms with Crippen LogP contribution in [-0.2, 0) is 22.7 Å². The molecule has 11 nitrogen and oxygen atoms in total. The van der Waals surface area contributed by atoms with E-state index in [0.29, 0.717) is 96.7 Å². The van der Waals surface area contributed by atoms with Crippen LogP contribution in [0.1, 0.15) is 36.8 Å². The summed E-state index contributed by atoms with van der Waals surface area (Å²) >= 11 is 13.8. The molecular weight excluding hydrogens is 672 g/mol. The van der Waals surface area contributed by atoms with E-state index in [9.17, 15) is 14.7 Å². The van der Waals surface area contributed by atoms with E-state index in [1.54, 1.807) is 31.5 Å². The van der Waals surface area contributed by atoms with Crippen LogP contribution in [0.3, 0.4) is 0 Å². The molecule has 3 aromatic heterocycles. The van der Waals surface area contributed by atoms with Gasteiger partial charge in [-0.15, -0.1) is 0 Å². The monoisotopic (exact) mass is 707 g/mol. The Morgan fingerprint density at radius 3 is 2.55 bits per heavy atom. The third-order valence-electron chi connectivity index (χ3n) is 8.90. The van der Waals surface area contributed by atoms with Gasteiger partial charge in [-0.25, -0.2) is 14.4 Å². The minimum atomic E-state index is -0.786. The van der Waals surface area contributed by atoms with E-state index in [1.165, 1.54) is 6.20 Å². The second kappa shape index (κ2) is 15.5. The van der Waals surface area contributed by atoms with Crippen molar-refractivity contribution in [1.82, 2.24) is 30.5 Å². The standard InChI is InChI=1S/C35H36Cl2FN7O4/c1-49-34-21(17-39-18-23-6-8-28(46)42-23)5-7-26(44-34)24-3-2-4-25(29(24)36)32-30(37)27(10-14-40-32)43-33-31(38)22(9-13-41-33)19-45-15-11-20(12-16-45)35(47)48/h2-5,7,9-10,13-14,20,23,39H,6,8,11-12,15-19H2,1H3,(H,42,46)(H,47,48)(H,40,41,43)/t23-/m1/s1. The van der Waals surface area contributed by atoms with Gasteiger partial charge in [0.25, 0.3) is 0 Å². The van der Waals surface area contributed by atoms with Crippen LogP contribution >= 0.6 is 23.2 Å². The number of piperidine rings is 1. The van der Waals surface area contributed by atoms with E-state index < -0.39 is 11.8 Å². The zero-order valence-corrected chi connectivity index (χ0v) is 28.3. The van der Waals surface area contributed by atoms with Crippen LogP contribution in [0.5, 0.6) is 5.88 Å². The first-order valence-corrected chi connectivity index (χ1v) is 16.8. The zero-order chi connectivity index (χ0) is 34.5. The predicted octanol–water partition coefficient (Wildman–Crippen LogP) is 6.07. The number of likely N-dealkylation sites (tertiary alicyclic amines) is 1. The smallest absolute Gasteiger partial charge is 0.306 e. The van der Waals surface area contributed by atoms with Crippen LogP contribution < -0.4 is 20.7 Å². The minimum Gasteiger partial charge on any atom is -0.481 e. The van der Waals surface area contributed by atoms with Gasteiger partial charge in [-0.1, -0.05) is 47.5 Å². The molecule has 0 aliphatic carbocycles. The molecule has 2 saturated heterocycles. The lowest BCUT2D eigenvalue weighted by molar-refractivity contribution is -0.143. The number of aliphatic carboxylic acids is 1. The Labute approximate surface area is 293 Å². The maximum atomic E-state index is 15.7. The van der Waals surface area contributed by atoms with Gasteiger partial charge in [-0.05, 0) is 50.6 Å². The highest BCUT2D eigenvalue weighted by molar-refractivity contribution is 6.39. The first-order valence-electron chi connectivity index (χ1n) is 16.0. The highest BCUT2D eigenvalue weighted by Gasteiger charge is 2.26. The second-order valence-electron chi connectivity index (χ2n) is 12.1. The molecule has 14 heteroatoms. The topological polar surface area (TPSA) is 142 Å². The van der Waals surface area contributed by atoms with Crippen molar-refractivity contribution in [2.45, 2.75) is 44.8 Å². The van der Waals surface area contributed by atoms with E-state index in [2.05, 4.69) is 25.9 Å². The third-order valence-corrected chi connectivity index (χ3v) is 9.69. The number of carbonyl (C=O) groups excluding carboxylic acids is 1. The van der Waals surface area contributed by atoms with E-state index in [-0.39, 0.29) is 28.7 Å². The Kier molecular flexibility index (Phi) is 10.9. The van der Waals surface area contributed by atoms with Gasteiger partial charge in [0, 0.05) is 66.7 Å². The van der Waals surface area contributed by atoms with Crippen LogP contribution in [-0.4, -0.2) is 69.6 Å². The van der Waals surface area contributed by atoms with Crippen molar-refractivity contribution in [3.63, 3.8) is 0 Å². The summed E-state index contributed by atoms with van der Waals surface area (Å²) in [6.45, 7) is 2.65. The van der Waals surface area contributed by atoms with Gasteiger partial charge in [0.15, 0.2) is 11.6 Å². The van der Waals surface area contributed by atoms with Gasteiger partial charge in [-0.3, -0.25) is 19.5 Å². The predicted molar refractivity (Wildman–Crippen MR) is 185 cm³/mol. The Hall–Kier alpha value is -4.36. The Balaban J connectivity index is 1.18. The zero-order valence-electron chi connectivity index (χ0n) is 26.8. The maximum absolute atomic E-state index is 15.7. The molecule has 5 heterocycles. The molecule has 0 bridgehead atoms. The SMILES string of the molecule is COc1nc(-c2cccc(-c3nccc(Nc4nccc(CN5CCC(C(=O)O)CC5)c4F)c3Cl)c2Cl)ccc1CNC[C@H]1CCC(=O)N1. The van der Waals surface area contributed by atoms with Gasteiger partial charge in [0.2, 0.25) is 11.8 Å². The van der Waals surface area contributed by atoms with E-state index >= 15 is 4.39 Å². The van der Waals surface area contributed by atoms with Gasteiger partial charge in [0.05, 0.1) is 40.1 Å². The molecule has 1 atom stereocenters. The lowest BCUT2D eigenvalue weighted by Gasteiger charge is -2.30. The molecule has 2 aliphatic rings. The van der Waals surface area contributed by atoms with Gasteiger partial charge >= 0.3 is 5.97 Å². The summed E-state index contributed by atoms with van der Waals surface area (Å²) in [4.78, 5) is 38.3. The number of benzene rings is 1. The molecule has 256 valence electrons. The average molecular weight is 709 g/mol. The van der Waals surface area contributed by atoms with Crippen molar-refractivity contribution in [3.05, 3.63) is 81.8 Å². The fourth-order valence-corrected chi connectivity index (χ4v) is 6.76. The number of pyridine rings is 3. The van der Waals surface area contributed by atoms with Crippen LogP contribution in [0.15, 0.2) is 54.9 Å². The quantitative estimate of drug-likeness (QED) is 0.137. The molecule has 0 unspecified atom stereocenters. The number of anilines is 2. The fraction of sp³-hybridized carbons (Fsp3) is 0.343. The largest absolute Gasteiger partial charge is 0.481 e. The maximum Gasteiger partial charge on any atom is 0.306 e. The molecule has 2 aliphatic heterocycles. The van der Waals surface area contributed by atoms with Crippen molar-refractivity contribution in [2.75, 3.05) is 32.1 Å². The molecule has 49 heavy (non-hydrogen) atoms. The number of carboxylic acid groups (broad SMARTS) is 1. The molecule has 6 rings (SSSR count). The number of halogens is 3. The van der Waals surface area contributed by atoms with E-state index in [0.717, 1.165) is 12.0 Å². The summed E-state index contributed by atoms with van der Waals surface area (Å²) in [5.74, 6) is -1.12. The minimum absolute atomic E-state index is 0.00990. The molecule has 4 N–H and O–H groups in total. The number of rotatable bonds is 12. The number of ether oxygens (including phenoxy) is 1. The number of carboxylic acids is 1. The van der Waals surface area contributed by atoms with E-state index in [1.807, 2.05) is 29.2 Å². The van der Waals surface area contributed by atoms with E-state index in [4.69, 9.17) is 32.9 Å². The molecule has 1 amide bonds. The summed E-state index contributed by atoms with van der Waals surface area (Å²) in [6.07, 6.45) is 5.51. The van der Waals surface area contributed by atoms with Crippen molar-refractivity contribution < 1.29 is 23.8 Å². The molecule has 4 aromatic rings. The van der Waals surface area contributed by atoms with Crippen LogP contribution in [0.25, 0.3) is 22.5 Å². The number of amides is 1. The normalized spacial score (nSPS) is 16.8. The number of hydrogen-bond acceptors (Lipinski definition) is 9. The van der Waals surface area contributed by atoms with Crippen LogP contribution in [0, 0.1) is 11.7 Å². The third kappa shape index (κ3) is 7.94. The summed E-state index contributed by atoms with van der Waals surface area (Å²) in [7, 11) is 1.56. The number of aromatic nitrogens is 3. The lowest BCUT2D eigenvalue weighted by Crippen LogP contribution is -2.36. The number of carbonyl (C=O) groups is 2. The Morgan fingerprint density at radius 2 is 1.82 bits per heavy atom. The van der Waals surface area contributed by atoms with Gasteiger partial charge in [-0.2, -0.15) is 0 Å². The average Bonchev–Trinajstić information content (AvgIpc) is 3.52. The van der Waals surface area contributed by atoms with Crippen molar-refractivity contribution in [2.24, 2.45) is 5.92 Å². The summed E-state index contributed by atoms with van der Waals surface area (Å²) < 4.78 is 21.3. The fourth-order valence-electron chi connectivity index (χ4n) is 6.18. The summed E-state index contributed by atoms with van der Waals surface area (Å²) in [5.41, 5.74) is 3.89. The summed E-state index contributed by atoms with van der Waals surface area (Å²) in [5, 5.41) is 19.2. The first kappa shape index (κ1) is 34.5. The van der Waals surface area contributed by atoms with Crippen LogP contribution in [0.4, 0.5) is 15.9 Å². The Morgan fingerprint density at radius 1 is 1.04 bits per heavy atom. The molecule has 1 aromatic carbocycles. The second-order valence-corrected chi connectivity index (χ2v) is 12.9. The highest BCUT2D eigenvalue weighted by Crippen LogP contribution is 2.41. The molecule has 2 fully saturated rings. The highest BCUT2D eigenvalue weighted by atomic mass is 35.5. The van der Waals surface area contributed by atoms with Gasteiger partial charge in [0.1, 0.15) is 0 Å². The number of nitrogens with zero attached hydrogens (tertiary/aromatic N) is 4. The van der Waals surface area contributed by atoms with Crippen molar-refractivity contribution >= 4 is 46.6 Å².